The molecule has 164 valence electrons. The van der Waals surface area contributed by atoms with Gasteiger partial charge >= 0.3 is 0 Å². The molecule has 0 aromatic heterocycles. The third kappa shape index (κ3) is 3.10. The van der Waals surface area contributed by atoms with Crippen LogP contribution in [0.4, 0.5) is 0 Å². The van der Waals surface area contributed by atoms with Gasteiger partial charge in [-0.25, -0.2) is 0 Å². The molecule has 0 bridgehead atoms. The van der Waals surface area contributed by atoms with Crippen molar-refractivity contribution in [3.05, 3.63) is 46.5 Å². The van der Waals surface area contributed by atoms with Crippen LogP contribution in [-0.2, 0) is 4.74 Å². The van der Waals surface area contributed by atoms with E-state index in [4.69, 9.17) is 9.47 Å². The number of phenols is 3. The summed E-state index contributed by atoms with van der Waals surface area (Å²) in [6, 6.07) is 4.32. The number of phenolic OH excluding ortho intramolecular Hbond substituents is 3. The van der Waals surface area contributed by atoms with Gasteiger partial charge in [-0.3, -0.25) is 9.59 Å². The summed E-state index contributed by atoms with van der Waals surface area (Å²) in [5, 5.41) is 69.7. The minimum Gasteiger partial charge on any atom is -0.507 e. The molecule has 11 nitrogen and oxygen atoms in total. The Bertz CT molecular complexity index is 1080. The van der Waals surface area contributed by atoms with Crippen LogP contribution >= 0.6 is 0 Å². The molecule has 2 aromatic carbocycles. The largest absolute Gasteiger partial charge is 0.507 e. The highest BCUT2D eigenvalue weighted by atomic mass is 16.7. The normalized spacial score (nSPS) is 27.5. The highest BCUT2D eigenvalue weighted by molar-refractivity contribution is 6.31. The number of ether oxygens (including phenoxy) is 2. The fourth-order valence-corrected chi connectivity index (χ4v) is 3.68. The van der Waals surface area contributed by atoms with Crippen LogP contribution in [0.5, 0.6) is 23.0 Å². The van der Waals surface area contributed by atoms with E-state index in [-0.39, 0.29) is 5.56 Å². The molecule has 0 spiro atoms. The first kappa shape index (κ1) is 21.0. The first-order valence-corrected chi connectivity index (χ1v) is 9.14. The van der Waals surface area contributed by atoms with E-state index in [9.17, 15) is 45.3 Å². The van der Waals surface area contributed by atoms with Gasteiger partial charge in [0.15, 0.2) is 17.3 Å². The van der Waals surface area contributed by atoms with Crippen molar-refractivity contribution >= 4 is 11.6 Å². The van der Waals surface area contributed by atoms with Crippen LogP contribution in [0.3, 0.4) is 0 Å². The molecular formula is C20H18O11. The lowest BCUT2D eigenvalue weighted by Crippen LogP contribution is -2.60. The number of ketones is 2. The summed E-state index contributed by atoms with van der Waals surface area (Å²) in [5.41, 5.74) is -1.64. The van der Waals surface area contributed by atoms with Gasteiger partial charge in [0.2, 0.25) is 12.1 Å². The molecular weight excluding hydrogens is 416 g/mol. The number of rotatable bonds is 3. The number of hydrogen-bond acceptors (Lipinski definition) is 11. The maximum Gasteiger partial charge on any atom is 0.229 e. The van der Waals surface area contributed by atoms with Crippen LogP contribution in [0.15, 0.2) is 24.3 Å². The van der Waals surface area contributed by atoms with Crippen LogP contribution in [0, 0.1) is 0 Å². The Morgan fingerprint density at radius 1 is 0.806 bits per heavy atom. The average Bonchev–Trinajstić information content (AvgIpc) is 2.75. The fourth-order valence-electron chi connectivity index (χ4n) is 3.68. The summed E-state index contributed by atoms with van der Waals surface area (Å²) in [7, 11) is 0. The monoisotopic (exact) mass is 434 g/mol. The van der Waals surface area contributed by atoms with Gasteiger partial charge in [0.05, 0.1) is 23.3 Å². The zero-order chi connectivity index (χ0) is 22.6. The van der Waals surface area contributed by atoms with Crippen molar-refractivity contribution in [1.82, 2.24) is 0 Å². The van der Waals surface area contributed by atoms with Crippen LogP contribution in [0.2, 0.25) is 0 Å². The molecule has 31 heavy (non-hydrogen) atoms. The lowest BCUT2D eigenvalue weighted by molar-refractivity contribution is -0.277. The maximum absolute atomic E-state index is 12.9. The zero-order valence-corrected chi connectivity index (χ0v) is 15.7. The summed E-state index contributed by atoms with van der Waals surface area (Å²) in [6.07, 6.45) is -8.03. The molecule has 0 radical (unpaired) electrons. The Morgan fingerprint density at radius 3 is 2.03 bits per heavy atom. The predicted molar refractivity (Wildman–Crippen MR) is 99.1 cm³/mol. The van der Waals surface area contributed by atoms with Crippen molar-refractivity contribution in [3.63, 3.8) is 0 Å². The summed E-state index contributed by atoms with van der Waals surface area (Å²) in [5.74, 6) is -4.06. The minimum absolute atomic E-state index is 0.253. The third-order valence-corrected chi connectivity index (χ3v) is 5.32. The van der Waals surface area contributed by atoms with E-state index in [1.807, 2.05) is 0 Å². The van der Waals surface area contributed by atoms with Gasteiger partial charge in [0, 0.05) is 5.56 Å². The number of aromatic hydroxyl groups is 3. The number of aliphatic hydroxyl groups is 4. The molecule has 0 amide bonds. The first-order valence-electron chi connectivity index (χ1n) is 9.14. The number of carbonyl (C=O) groups excluding carboxylic acids is 2. The summed E-state index contributed by atoms with van der Waals surface area (Å²) in [4.78, 5) is 25.7. The van der Waals surface area contributed by atoms with Crippen molar-refractivity contribution in [2.24, 2.45) is 0 Å². The molecule has 2 aromatic rings. The molecule has 4 rings (SSSR count). The van der Waals surface area contributed by atoms with Crippen LogP contribution in [0.1, 0.15) is 31.8 Å². The summed E-state index contributed by atoms with van der Waals surface area (Å²) < 4.78 is 10.6. The lowest BCUT2D eigenvalue weighted by atomic mass is 9.82. The highest BCUT2D eigenvalue weighted by Crippen LogP contribution is 2.43. The average molecular weight is 434 g/mol. The minimum atomic E-state index is -1.77. The Balaban J connectivity index is 1.74. The summed E-state index contributed by atoms with van der Waals surface area (Å²) in [6.45, 7) is -0.701. The number of hydrogen-bond donors (Lipinski definition) is 7. The Morgan fingerprint density at radius 2 is 1.42 bits per heavy atom. The summed E-state index contributed by atoms with van der Waals surface area (Å²) >= 11 is 0. The van der Waals surface area contributed by atoms with Gasteiger partial charge in [-0.2, -0.15) is 0 Å². The topological polar surface area (TPSA) is 194 Å². The molecule has 1 aliphatic carbocycles. The molecule has 0 unspecified atom stereocenters. The van der Waals surface area contributed by atoms with Crippen molar-refractivity contribution in [1.29, 1.82) is 0 Å². The van der Waals surface area contributed by atoms with E-state index in [0.29, 0.717) is 0 Å². The number of fused-ring (bicyclic) bond motifs is 2. The molecule has 5 atom stereocenters. The SMILES string of the molecule is O=C1c2ccc(O[C@@H]3O[C@H](CO)[C@H](O)[C@H](O)[C@H]3O)c(O)c2C(=O)c2c(O)ccc(O)c21. The van der Waals surface area contributed by atoms with E-state index >= 15 is 0 Å². The molecule has 0 saturated carbocycles. The fraction of sp³-hybridized carbons (Fsp3) is 0.300. The molecule has 1 heterocycles. The van der Waals surface area contributed by atoms with Gasteiger partial charge in [0.1, 0.15) is 35.9 Å². The number of benzene rings is 2. The zero-order valence-electron chi connectivity index (χ0n) is 15.7. The van der Waals surface area contributed by atoms with Gasteiger partial charge < -0.3 is 45.2 Å². The smallest absolute Gasteiger partial charge is 0.229 e. The standard InChI is InChI=1S/C20H18O11/c21-5-10-16(26)18(28)19(29)20(31-10)30-9-4-1-6-11(15(9)25)17(27)13-8(23)3-2-7(22)12(13)14(6)24/h1-4,10,16,18-23,25-26,28-29H,5H2/t10-,16+,18+,19-,20-/m1/s1. The van der Waals surface area contributed by atoms with Crippen molar-refractivity contribution in [2.75, 3.05) is 6.61 Å². The van der Waals surface area contributed by atoms with E-state index in [1.165, 1.54) is 0 Å². The second-order valence-electron chi connectivity index (χ2n) is 7.16. The number of carbonyl (C=O) groups is 2. The second kappa shape index (κ2) is 7.48. The molecule has 11 heteroatoms. The molecule has 7 N–H and O–H groups in total. The van der Waals surface area contributed by atoms with Crippen molar-refractivity contribution in [3.8, 4) is 23.0 Å². The highest BCUT2D eigenvalue weighted by Gasteiger charge is 2.45. The van der Waals surface area contributed by atoms with Gasteiger partial charge in [0.25, 0.3) is 0 Å². The molecule has 1 aliphatic heterocycles. The second-order valence-corrected chi connectivity index (χ2v) is 7.16. The van der Waals surface area contributed by atoms with E-state index < -0.39 is 88.6 Å². The van der Waals surface area contributed by atoms with Gasteiger partial charge in [-0.1, -0.05) is 0 Å². The van der Waals surface area contributed by atoms with Crippen LogP contribution < -0.4 is 4.74 Å². The van der Waals surface area contributed by atoms with Gasteiger partial charge in [-0.15, -0.1) is 0 Å². The van der Waals surface area contributed by atoms with Crippen molar-refractivity contribution < 1.29 is 54.8 Å². The van der Waals surface area contributed by atoms with Gasteiger partial charge in [-0.05, 0) is 24.3 Å². The Kier molecular flexibility index (Phi) is 5.07. The lowest BCUT2D eigenvalue weighted by Gasteiger charge is -2.39. The Labute approximate surface area is 174 Å². The quantitative estimate of drug-likeness (QED) is 0.244. The number of aliphatic hydroxyl groups excluding tert-OH is 4. The van der Waals surface area contributed by atoms with E-state index in [1.54, 1.807) is 0 Å². The van der Waals surface area contributed by atoms with E-state index in [2.05, 4.69) is 0 Å². The first-order chi connectivity index (χ1) is 14.7. The molecule has 1 fully saturated rings. The third-order valence-electron chi connectivity index (χ3n) is 5.32. The predicted octanol–water partition coefficient (Wildman–Crippen LogP) is -1.24. The van der Waals surface area contributed by atoms with Crippen LogP contribution in [0.25, 0.3) is 0 Å². The Hall–Kier alpha value is -3.22. The molecule has 1 saturated heterocycles. The maximum atomic E-state index is 12.9. The molecule has 2 aliphatic rings. The van der Waals surface area contributed by atoms with E-state index in [0.717, 1.165) is 24.3 Å². The van der Waals surface area contributed by atoms with Crippen LogP contribution in [-0.4, -0.2) is 84.6 Å². The van der Waals surface area contributed by atoms with Crippen molar-refractivity contribution in [2.45, 2.75) is 30.7 Å².